The van der Waals surface area contributed by atoms with Gasteiger partial charge in [0.05, 0.1) is 5.60 Å². The van der Waals surface area contributed by atoms with Gasteiger partial charge in [-0.3, -0.25) is 0 Å². The maximum atomic E-state index is 10.3. The Labute approximate surface area is 123 Å². The molecule has 1 aliphatic carbocycles. The van der Waals surface area contributed by atoms with E-state index < -0.39 is 5.60 Å². The molecule has 3 nitrogen and oxygen atoms in total. The highest BCUT2D eigenvalue weighted by Crippen LogP contribution is 2.25. The number of benzene rings is 1. The minimum absolute atomic E-state index is 0.273. The molecule has 0 heterocycles. The molecule has 20 heavy (non-hydrogen) atoms. The minimum Gasteiger partial charge on any atom is -0.388 e. The summed E-state index contributed by atoms with van der Waals surface area (Å²) < 4.78 is 0. The van der Waals surface area contributed by atoms with Crippen LogP contribution in [0.25, 0.3) is 0 Å². The Morgan fingerprint density at radius 2 is 2.00 bits per heavy atom. The highest BCUT2D eigenvalue weighted by Gasteiger charge is 2.22. The van der Waals surface area contributed by atoms with Crippen LogP contribution in [0.1, 0.15) is 43.0 Å². The first-order chi connectivity index (χ1) is 9.37. The molecule has 2 atom stereocenters. The molecule has 2 rings (SSSR count). The Bertz CT molecular complexity index is 454. The Hall–Kier alpha value is -0.900. The molecule has 0 aliphatic heterocycles. The molecule has 2 N–H and O–H groups in total. The van der Waals surface area contributed by atoms with E-state index in [1.807, 2.05) is 25.9 Å². The molecule has 0 amide bonds. The summed E-state index contributed by atoms with van der Waals surface area (Å²) in [7, 11) is 3.97. The number of rotatable bonds is 6. The number of nitrogens with one attached hydrogen (secondary N) is 1. The van der Waals surface area contributed by atoms with Crippen LogP contribution >= 0.6 is 0 Å². The number of fused-ring (bicyclic) bond motifs is 1. The highest BCUT2D eigenvalue weighted by atomic mass is 16.3. The van der Waals surface area contributed by atoms with E-state index in [0.29, 0.717) is 13.1 Å². The Morgan fingerprint density at radius 3 is 2.70 bits per heavy atom. The molecule has 1 aromatic carbocycles. The Morgan fingerprint density at radius 1 is 1.30 bits per heavy atom. The molecule has 0 aromatic heterocycles. The predicted molar refractivity (Wildman–Crippen MR) is 84.1 cm³/mol. The third-order valence-electron chi connectivity index (χ3n) is 4.07. The number of hydrogen-bond acceptors (Lipinski definition) is 3. The smallest absolute Gasteiger partial charge is 0.0869 e. The quantitative estimate of drug-likeness (QED) is 0.835. The zero-order valence-electron chi connectivity index (χ0n) is 13.2. The zero-order valence-corrected chi connectivity index (χ0v) is 13.2. The molecule has 0 fully saturated rings. The number of hydrogen-bond donors (Lipinski definition) is 2. The molecule has 2 unspecified atom stereocenters. The minimum atomic E-state index is -0.700. The Kier molecular flexibility index (Phi) is 4.84. The van der Waals surface area contributed by atoms with Gasteiger partial charge in [-0.15, -0.1) is 0 Å². The summed E-state index contributed by atoms with van der Waals surface area (Å²) in [6.07, 6.45) is 3.74. The molecule has 0 spiro atoms. The molecule has 0 bridgehead atoms. The van der Waals surface area contributed by atoms with Crippen LogP contribution in [0.3, 0.4) is 0 Å². The third kappa shape index (κ3) is 4.05. The van der Waals surface area contributed by atoms with Crippen molar-refractivity contribution in [2.75, 3.05) is 27.2 Å². The maximum absolute atomic E-state index is 10.3. The molecular weight excluding hydrogens is 248 g/mol. The van der Waals surface area contributed by atoms with Crippen molar-refractivity contribution in [1.82, 2.24) is 10.2 Å². The third-order valence-corrected chi connectivity index (χ3v) is 4.07. The van der Waals surface area contributed by atoms with E-state index in [-0.39, 0.29) is 6.04 Å². The van der Waals surface area contributed by atoms with Crippen LogP contribution in [0.2, 0.25) is 0 Å². The van der Waals surface area contributed by atoms with Gasteiger partial charge in [0, 0.05) is 19.1 Å². The molecular formula is C17H28N2O. The van der Waals surface area contributed by atoms with Crippen molar-refractivity contribution in [3.8, 4) is 0 Å². The molecule has 1 aromatic rings. The average molecular weight is 276 g/mol. The summed E-state index contributed by atoms with van der Waals surface area (Å²) in [5.74, 6) is 0. The van der Waals surface area contributed by atoms with Gasteiger partial charge < -0.3 is 15.3 Å². The summed E-state index contributed by atoms with van der Waals surface area (Å²) in [4.78, 5) is 2.02. The second-order valence-electron chi connectivity index (χ2n) is 6.72. The van der Waals surface area contributed by atoms with Gasteiger partial charge in [-0.25, -0.2) is 0 Å². The van der Waals surface area contributed by atoms with Gasteiger partial charge in [-0.05, 0) is 63.9 Å². The van der Waals surface area contributed by atoms with Crippen LogP contribution in [0.5, 0.6) is 0 Å². The number of likely N-dealkylation sites (N-methyl/N-ethyl adjacent to an activating group) is 1. The maximum Gasteiger partial charge on any atom is 0.0869 e. The van der Waals surface area contributed by atoms with Crippen molar-refractivity contribution in [2.24, 2.45) is 0 Å². The number of nitrogens with zero attached hydrogens (tertiary/aromatic N) is 1. The summed E-state index contributed by atoms with van der Waals surface area (Å²) in [5, 5.41) is 13.8. The van der Waals surface area contributed by atoms with Crippen LogP contribution < -0.4 is 5.32 Å². The molecule has 1 aliphatic rings. The zero-order chi connectivity index (χ0) is 14.8. The molecule has 0 saturated carbocycles. The van der Waals surface area contributed by atoms with Crippen molar-refractivity contribution in [3.05, 3.63) is 34.9 Å². The lowest BCUT2D eigenvalue weighted by Crippen LogP contribution is -2.46. The molecule has 0 radical (unpaired) electrons. The first kappa shape index (κ1) is 15.5. The highest BCUT2D eigenvalue weighted by molar-refractivity contribution is 5.36. The van der Waals surface area contributed by atoms with Gasteiger partial charge in [0.15, 0.2) is 0 Å². The largest absolute Gasteiger partial charge is 0.388 e. The topological polar surface area (TPSA) is 35.5 Å². The van der Waals surface area contributed by atoms with Crippen LogP contribution in [-0.4, -0.2) is 42.8 Å². The van der Waals surface area contributed by atoms with Gasteiger partial charge in [-0.1, -0.05) is 18.2 Å². The summed E-state index contributed by atoms with van der Waals surface area (Å²) in [5.41, 5.74) is 3.65. The van der Waals surface area contributed by atoms with Gasteiger partial charge in [-0.2, -0.15) is 0 Å². The van der Waals surface area contributed by atoms with E-state index in [1.165, 1.54) is 36.0 Å². The normalized spacial score (nSPS) is 18.9. The molecule has 0 saturated heterocycles. The van der Waals surface area contributed by atoms with E-state index in [9.17, 15) is 5.11 Å². The predicted octanol–water partition coefficient (Wildman–Crippen LogP) is 2.14. The fourth-order valence-electron chi connectivity index (χ4n) is 3.09. The van der Waals surface area contributed by atoms with Gasteiger partial charge in [0.25, 0.3) is 0 Å². The van der Waals surface area contributed by atoms with Gasteiger partial charge >= 0.3 is 0 Å². The first-order valence-electron chi connectivity index (χ1n) is 7.59. The lowest BCUT2D eigenvalue weighted by atomic mass is 10.0. The lowest BCUT2D eigenvalue weighted by Gasteiger charge is -2.29. The van der Waals surface area contributed by atoms with E-state index >= 15 is 0 Å². The SMILES string of the molecule is CC(NCC(C)(O)CN(C)C)c1ccc2c(c1)CCC2. The standard InChI is InChI=1S/C17H28N2O/c1-13(18-11-17(2,20)12-19(3)4)15-9-8-14-6-5-7-16(14)10-15/h8-10,13,18,20H,5-7,11-12H2,1-4H3. The monoisotopic (exact) mass is 276 g/mol. The number of aliphatic hydroxyl groups is 1. The van der Waals surface area contributed by atoms with Crippen molar-refractivity contribution >= 4 is 0 Å². The summed E-state index contributed by atoms with van der Waals surface area (Å²) >= 11 is 0. The molecule has 112 valence electrons. The lowest BCUT2D eigenvalue weighted by molar-refractivity contribution is 0.0317. The average Bonchev–Trinajstić information content (AvgIpc) is 2.81. The van der Waals surface area contributed by atoms with Crippen LogP contribution in [0.4, 0.5) is 0 Å². The van der Waals surface area contributed by atoms with Crippen LogP contribution in [0.15, 0.2) is 18.2 Å². The van der Waals surface area contributed by atoms with Crippen molar-refractivity contribution < 1.29 is 5.11 Å². The fourth-order valence-corrected chi connectivity index (χ4v) is 3.09. The second-order valence-corrected chi connectivity index (χ2v) is 6.72. The summed E-state index contributed by atoms with van der Waals surface area (Å²) in [6, 6.07) is 7.10. The Balaban J connectivity index is 1.93. The summed E-state index contributed by atoms with van der Waals surface area (Å²) in [6.45, 7) is 5.32. The second kappa shape index (κ2) is 6.25. The van der Waals surface area contributed by atoms with Crippen LogP contribution in [-0.2, 0) is 12.8 Å². The van der Waals surface area contributed by atoms with E-state index in [4.69, 9.17) is 0 Å². The van der Waals surface area contributed by atoms with Crippen molar-refractivity contribution in [1.29, 1.82) is 0 Å². The van der Waals surface area contributed by atoms with E-state index in [1.54, 1.807) is 0 Å². The molecule has 3 heteroatoms. The first-order valence-corrected chi connectivity index (χ1v) is 7.59. The van der Waals surface area contributed by atoms with Crippen molar-refractivity contribution in [3.63, 3.8) is 0 Å². The van der Waals surface area contributed by atoms with Crippen molar-refractivity contribution in [2.45, 2.75) is 44.8 Å². The fraction of sp³-hybridized carbons (Fsp3) is 0.647. The van der Waals surface area contributed by atoms with Gasteiger partial charge in [0.2, 0.25) is 0 Å². The van der Waals surface area contributed by atoms with E-state index in [2.05, 4.69) is 30.4 Å². The van der Waals surface area contributed by atoms with Crippen LogP contribution in [0, 0.1) is 0 Å². The number of aryl methyl sites for hydroxylation is 2. The van der Waals surface area contributed by atoms with Gasteiger partial charge in [0.1, 0.15) is 0 Å². The van der Waals surface area contributed by atoms with E-state index in [0.717, 1.165) is 0 Å².